The third kappa shape index (κ3) is 7.24. The van der Waals surface area contributed by atoms with Crippen LogP contribution in [0.5, 0.6) is 11.5 Å². The summed E-state index contributed by atoms with van der Waals surface area (Å²) in [6.45, 7) is 3.79. The lowest BCUT2D eigenvalue weighted by molar-refractivity contribution is -0.129. The van der Waals surface area contributed by atoms with Crippen LogP contribution in [0.25, 0.3) is 5.57 Å². The molecule has 2 fully saturated rings. The predicted octanol–water partition coefficient (Wildman–Crippen LogP) is 3.04. The van der Waals surface area contributed by atoms with Gasteiger partial charge in [-0.15, -0.1) is 0 Å². The molecule has 2 aliphatic rings. The van der Waals surface area contributed by atoms with Crippen LogP contribution < -0.4 is 14.8 Å². The van der Waals surface area contributed by atoms with Gasteiger partial charge in [0.05, 0.1) is 40.6 Å². The van der Waals surface area contributed by atoms with E-state index in [1.807, 2.05) is 6.07 Å². The summed E-state index contributed by atoms with van der Waals surface area (Å²) in [5.41, 5.74) is 2.21. The number of alkyl halides is 1. The highest BCUT2D eigenvalue weighted by atomic mass is 19.1. The number of carbonyl (C=O) groups is 1. The number of nitrogens with one attached hydrogen (secondary N) is 1. The van der Waals surface area contributed by atoms with E-state index >= 15 is 0 Å². The summed E-state index contributed by atoms with van der Waals surface area (Å²) in [6, 6.07) is 11.5. The topological polar surface area (TPSA) is 69.3 Å². The Kier molecular flexibility index (Phi) is 9.81. The summed E-state index contributed by atoms with van der Waals surface area (Å²) in [7, 11) is 3.12. The van der Waals surface area contributed by atoms with Gasteiger partial charge in [-0.3, -0.25) is 4.79 Å². The van der Waals surface area contributed by atoms with E-state index in [0.29, 0.717) is 56.5 Å². The molecule has 2 aromatic rings. The molecule has 9 heteroatoms. The Labute approximate surface area is 198 Å². The molecule has 2 aromatic carbocycles. The summed E-state index contributed by atoms with van der Waals surface area (Å²) in [5.74, 6) is 0.721. The molecule has 34 heavy (non-hydrogen) atoms. The number of hydrogen-bond acceptors (Lipinski definition) is 6. The number of nitrogens with zero attached hydrogens (tertiary/aromatic N) is 1. The molecule has 2 aliphatic heterocycles. The maximum atomic E-state index is 13.4. The van der Waals surface area contributed by atoms with E-state index in [0.717, 1.165) is 17.7 Å². The van der Waals surface area contributed by atoms with Gasteiger partial charge in [0.1, 0.15) is 5.82 Å². The molecule has 1 N–H and O–H groups in total. The number of benzene rings is 2. The summed E-state index contributed by atoms with van der Waals surface area (Å²) >= 11 is 0. The first-order valence-electron chi connectivity index (χ1n) is 11.0. The molecule has 0 bridgehead atoms. The fourth-order valence-electron chi connectivity index (χ4n) is 3.50. The number of methoxy groups -OCH3 is 2. The van der Waals surface area contributed by atoms with Crippen molar-refractivity contribution in [1.82, 2.24) is 10.2 Å². The first-order chi connectivity index (χ1) is 16.5. The summed E-state index contributed by atoms with van der Waals surface area (Å²) in [6.07, 6.45) is 0.508. The van der Waals surface area contributed by atoms with Gasteiger partial charge in [0.2, 0.25) is 12.3 Å². The largest absolute Gasteiger partial charge is 0.493 e. The van der Waals surface area contributed by atoms with Gasteiger partial charge < -0.3 is 29.2 Å². The molecule has 0 aliphatic carbocycles. The highest BCUT2D eigenvalue weighted by molar-refractivity contribution is 5.99. The van der Waals surface area contributed by atoms with E-state index < -0.39 is 6.36 Å². The minimum atomic E-state index is -1.08. The molecule has 0 saturated carbocycles. The van der Waals surface area contributed by atoms with Crippen LogP contribution in [-0.4, -0.2) is 77.4 Å². The molecular weight excluding hydrogens is 446 g/mol. The zero-order valence-electron chi connectivity index (χ0n) is 19.4. The van der Waals surface area contributed by atoms with Crippen molar-refractivity contribution < 1.29 is 32.5 Å². The lowest BCUT2D eigenvalue weighted by Gasteiger charge is -2.26. The van der Waals surface area contributed by atoms with Crippen LogP contribution in [0, 0.1) is 5.82 Å². The first-order valence-corrected chi connectivity index (χ1v) is 11.0. The number of hydrogen-bond donors (Lipinski definition) is 1. The Balaban J connectivity index is 0.000000396. The lowest BCUT2D eigenvalue weighted by atomic mass is 9.96. The van der Waals surface area contributed by atoms with E-state index in [1.165, 1.54) is 12.1 Å². The zero-order chi connectivity index (χ0) is 24.3. The monoisotopic (exact) mass is 476 g/mol. The van der Waals surface area contributed by atoms with E-state index in [1.54, 1.807) is 49.5 Å². The van der Waals surface area contributed by atoms with Gasteiger partial charge in [-0.2, -0.15) is 0 Å². The standard InChI is InChI=1S/C21H22FNO4.C4H8FNO/c1-25-19-8-5-16(13-20(19)26-2)18(15-3-6-17(22)7-4-15)14-21(24)23-9-11-27-12-10-23;5-4-3-6-1-2-7-4/h3-8,13-14H,9-12H2,1-2H3;4,6H,1-3H2/b18-14-;. The van der Waals surface area contributed by atoms with Gasteiger partial charge in [-0.25, -0.2) is 8.78 Å². The molecule has 1 unspecified atom stereocenters. The average Bonchev–Trinajstić information content (AvgIpc) is 2.88. The van der Waals surface area contributed by atoms with Crippen molar-refractivity contribution in [2.45, 2.75) is 6.36 Å². The zero-order valence-corrected chi connectivity index (χ0v) is 19.4. The first kappa shape index (κ1) is 25.6. The second kappa shape index (κ2) is 13.0. The van der Waals surface area contributed by atoms with E-state index in [2.05, 4.69) is 10.1 Å². The average molecular weight is 477 g/mol. The number of morpholine rings is 2. The normalized spacial score (nSPS) is 18.5. The Morgan fingerprint density at radius 2 is 1.71 bits per heavy atom. The van der Waals surface area contributed by atoms with E-state index in [4.69, 9.17) is 14.2 Å². The van der Waals surface area contributed by atoms with Crippen molar-refractivity contribution in [3.63, 3.8) is 0 Å². The second-order valence-corrected chi connectivity index (χ2v) is 7.56. The van der Waals surface area contributed by atoms with Crippen molar-refractivity contribution in [2.75, 3.05) is 60.2 Å². The Morgan fingerprint density at radius 1 is 1.03 bits per heavy atom. The van der Waals surface area contributed by atoms with Crippen molar-refractivity contribution in [3.8, 4) is 11.5 Å². The van der Waals surface area contributed by atoms with Crippen LogP contribution in [0.4, 0.5) is 8.78 Å². The van der Waals surface area contributed by atoms with Gasteiger partial charge >= 0.3 is 0 Å². The highest BCUT2D eigenvalue weighted by Crippen LogP contribution is 2.33. The number of amides is 1. The molecule has 1 amide bonds. The lowest BCUT2D eigenvalue weighted by Crippen LogP contribution is -2.39. The van der Waals surface area contributed by atoms with Crippen LogP contribution in [-0.2, 0) is 14.3 Å². The number of halogens is 2. The smallest absolute Gasteiger partial charge is 0.247 e. The molecule has 0 radical (unpaired) electrons. The predicted molar refractivity (Wildman–Crippen MR) is 124 cm³/mol. The van der Waals surface area contributed by atoms with Crippen LogP contribution in [0.3, 0.4) is 0 Å². The second-order valence-electron chi connectivity index (χ2n) is 7.56. The number of ether oxygens (including phenoxy) is 4. The fraction of sp³-hybridized carbons (Fsp3) is 0.400. The van der Waals surface area contributed by atoms with Gasteiger partial charge in [0.15, 0.2) is 11.5 Å². The number of rotatable bonds is 5. The third-order valence-corrected chi connectivity index (χ3v) is 5.32. The molecule has 7 nitrogen and oxygen atoms in total. The minimum absolute atomic E-state index is 0.104. The van der Waals surface area contributed by atoms with Crippen molar-refractivity contribution in [3.05, 3.63) is 65.5 Å². The Morgan fingerprint density at radius 3 is 2.26 bits per heavy atom. The molecule has 2 heterocycles. The maximum Gasteiger partial charge on any atom is 0.247 e. The molecule has 4 rings (SSSR count). The highest BCUT2D eigenvalue weighted by Gasteiger charge is 2.18. The van der Waals surface area contributed by atoms with Gasteiger partial charge in [-0.1, -0.05) is 18.2 Å². The van der Waals surface area contributed by atoms with Gasteiger partial charge in [0, 0.05) is 25.7 Å². The SMILES string of the molecule is COc1ccc(/C(=C\C(=O)N2CCOCC2)c2ccc(F)cc2)cc1OC.FC1CNCCO1. The van der Waals surface area contributed by atoms with E-state index in [9.17, 15) is 13.6 Å². The van der Waals surface area contributed by atoms with Crippen LogP contribution >= 0.6 is 0 Å². The summed E-state index contributed by atoms with van der Waals surface area (Å²) in [4.78, 5) is 14.5. The van der Waals surface area contributed by atoms with Gasteiger partial charge in [0.25, 0.3) is 0 Å². The Hall–Kier alpha value is -3.01. The van der Waals surface area contributed by atoms with Gasteiger partial charge in [-0.05, 0) is 41.0 Å². The summed E-state index contributed by atoms with van der Waals surface area (Å²) < 4.78 is 45.8. The van der Waals surface area contributed by atoms with Crippen molar-refractivity contribution in [1.29, 1.82) is 0 Å². The number of carbonyl (C=O) groups excluding carboxylic acids is 1. The molecule has 0 spiro atoms. The molecular formula is C25H30F2N2O5. The summed E-state index contributed by atoms with van der Waals surface area (Å²) in [5, 5.41) is 2.83. The van der Waals surface area contributed by atoms with Crippen molar-refractivity contribution >= 4 is 11.5 Å². The molecule has 0 aromatic heterocycles. The Bertz CT molecular complexity index is 956. The maximum absolute atomic E-state index is 13.4. The molecule has 2 saturated heterocycles. The van der Waals surface area contributed by atoms with E-state index in [-0.39, 0.29) is 11.7 Å². The van der Waals surface area contributed by atoms with Crippen LogP contribution in [0.1, 0.15) is 11.1 Å². The minimum Gasteiger partial charge on any atom is -0.493 e. The van der Waals surface area contributed by atoms with Crippen LogP contribution in [0.2, 0.25) is 0 Å². The fourth-order valence-corrected chi connectivity index (χ4v) is 3.50. The van der Waals surface area contributed by atoms with Crippen LogP contribution in [0.15, 0.2) is 48.5 Å². The third-order valence-electron chi connectivity index (χ3n) is 5.32. The molecule has 184 valence electrons. The quantitative estimate of drug-likeness (QED) is 0.670. The molecule has 1 atom stereocenters. The van der Waals surface area contributed by atoms with Crippen molar-refractivity contribution in [2.24, 2.45) is 0 Å².